The zero-order valence-corrected chi connectivity index (χ0v) is 11.8. The highest BCUT2D eigenvalue weighted by atomic mass is 32.2. The van der Waals surface area contributed by atoms with Gasteiger partial charge in [-0.05, 0) is 31.6 Å². The van der Waals surface area contributed by atoms with E-state index < -0.39 is 15.4 Å². The monoisotopic (exact) mass is 264 g/mol. The molecule has 0 radical (unpaired) electrons. The normalized spacial score (nSPS) is 29.9. The van der Waals surface area contributed by atoms with E-state index in [-0.39, 0.29) is 17.8 Å². The van der Waals surface area contributed by atoms with Gasteiger partial charge < -0.3 is 9.84 Å². The van der Waals surface area contributed by atoms with E-state index in [0.29, 0.717) is 12.8 Å². The van der Waals surface area contributed by atoms with Crippen molar-refractivity contribution in [2.75, 3.05) is 20.0 Å². The van der Waals surface area contributed by atoms with Crippen molar-refractivity contribution in [3.63, 3.8) is 0 Å². The van der Waals surface area contributed by atoms with E-state index in [4.69, 9.17) is 4.74 Å². The SMILES string of the molecule is CCC(O)(COC)C1CCCC(S(C)(=O)=O)C1. The van der Waals surface area contributed by atoms with Crippen LogP contribution in [0.3, 0.4) is 0 Å². The Kier molecular flexibility index (Phi) is 4.98. The lowest BCUT2D eigenvalue weighted by molar-refractivity contribution is -0.0855. The van der Waals surface area contributed by atoms with Gasteiger partial charge in [0.05, 0.1) is 17.5 Å². The molecule has 0 amide bonds. The van der Waals surface area contributed by atoms with E-state index in [9.17, 15) is 13.5 Å². The van der Waals surface area contributed by atoms with Gasteiger partial charge in [-0.2, -0.15) is 0 Å². The summed E-state index contributed by atoms with van der Waals surface area (Å²) in [6.45, 7) is 2.20. The van der Waals surface area contributed by atoms with E-state index in [1.807, 2.05) is 6.92 Å². The fourth-order valence-corrected chi connectivity index (χ4v) is 3.96. The van der Waals surface area contributed by atoms with Crippen LogP contribution in [0.1, 0.15) is 39.0 Å². The Morgan fingerprint density at radius 1 is 1.41 bits per heavy atom. The van der Waals surface area contributed by atoms with Crippen molar-refractivity contribution in [2.24, 2.45) is 5.92 Å². The lowest BCUT2D eigenvalue weighted by Gasteiger charge is -2.39. The standard InChI is InChI=1S/C12H24O4S/c1-4-12(13,9-16-2)10-6-5-7-11(8-10)17(3,14)15/h10-11,13H,4-9H2,1-3H3. The van der Waals surface area contributed by atoms with Crippen LogP contribution in [-0.2, 0) is 14.6 Å². The summed E-state index contributed by atoms with van der Waals surface area (Å²) < 4.78 is 28.3. The highest BCUT2D eigenvalue weighted by Crippen LogP contribution is 2.37. The molecule has 0 saturated heterocycles. The van der Waals surface area contributed by atoms with Gasteiger partial charge in [0.2, 0.25) is 0 Å². The quantitative estimate of drug-likeness (QED) is 0.815. The van der Waals surface area contributed by atoms with Crippen LogP contribution < -0.4 is 0 Å². The molecule has 102 valence electrons. The Bertz CT molecular complexity index is 338. The molecule has 1 aliphatic carbocycles. The Hall–Kier alpha value is -0.130. The molecule has 0 aliphatic heterocycles. The second-order valence-corrected chi connectivity index (χ2v) is 7.53. The van der Waals surface area contributed by atoms with Crippen LogP contribution >= 0.6 is 0 Å². The molecule has 0 heterocycles. The summed E-state index contributed by atoms with van der Waals surface area (Å²) in [4.78, 5) is 0. The number of sulfone groups is 1. The van der Waals surface area contributed by atoms with Gasteiger partial charge >= 0.3 is 0 Å². The van der Waals surface area contributed by atoms with Crippen LogP contribution in [0.2, 0.25) is 0 Å². The third kappa shape index (κ3) is 3.66. The van der Waals surface area contributed by atoms with Crippen LogP contribution in [0, 0.1) is 5.92 Å². The zero-order valence-electron chi connectivity index (χ0n) is 11.0. The molecule has 0 aromatic carbocycles. The Morgan fingerprint density at radius 3 is 2.53 bits per heavy atom. The highest BCUT2D eigenvalue weighted by molar-refractivity contribution is 7.91. The molecule has 1 rings (SSSR count). The molecule has 17 heavy (non-hydrogen) atoms. The van der Waals surface area contributed by atoms with Crippen molar-refractivity contribution in [3.8, 4) is 0 Å². The van der Waals surface area contributed by atoms with Crippen LogP contribution in [0.15, 0.2) is 0 Å². The predicted molar refractivity (Wildman–Crippen MR) is 67.7 cm³/mol. The molecule has 1 aliphatic rings. The third-order valence-corrected chi connectivity index (χ3v) is 5.64. The van der Waals surface area contributed by atoms with E-state index in [0.717, 1.165) is 19.3 Å². The van der Waals surface area contributed by atoms with Gasteiger partial charge in [0.1, 0.15) is 9.84 Å². The first-order chi connectivity index (χ1) is 7.83. The molecule has 0 aromatic heterocycles. The van der Waals surface area contributed by atoms with Gasteiger partial charge in [-0.15, -0.1) is 0 Å². The number of hydrogen-bond acceptors (Lipinski definition) is 4. The maximum Gasteiger partial charge on any atom is 0.150 e. The average molecular weight is 264 g/mol. The Labute approximate surface area is 104 Å². The lowest BCUT2D eigenvalue weighted by Crippen LogP contribution is -2.45. The van der Waals surface area contributed by atoms with Gasteiger partial charge in [0, 0.05) is 13.4 Å². The summed E-state index contributed by atoms with van der Waals surface area (Å²) in [7, 11) is -1.43. The molecule has 0 bridgehead atoms. The largest absolute Gasteiger partial charge is 0.387 e. The van der Waals surface area contributed by atoms with Crippen molar-refractivity contribution < 1.29 is 18.3 Å². The van der Waals surface area contributed by atoms with Gasteiger partial charge in [0.25, 0.3) is 0 Å². The van der Waals surface area contributed by atoms with Crippen LogP contribution in [0.4, 0.5) is 0 Å². The summed E-state index contributed by atoms with van der Waals surface area (Å²) >= 11 is 0. The molecule has 1 saturated carbocycles. The zero-order chi connectivity index (χ0) is 13.1. The minimum absolute atomic E-state index is 0.0286. The van der Waals surface area contributed by atoms with Gasteiger partial charge in [-0.3, -0.25) is 0 Å². The average Bonchev–Trinajstić information content (AvgIpc) is 2.28. The van der Waals surface area contributed by atoms with Crippen molar-refractivity contribution in [2.45, 2.75) is 49.9 Å². The second-order valence-electron chi connectivity index (χ2n) is 5.21. The Balaban J connectivity index is 2.78. The van der Waals surface area contributed by atoms with E-state index in [2.05, 4.69) is 0 Å². The summed E-state index contributed by atoms with van der Waals surface area (Å²) in [6.07, 6.45) is 4.94. The molecular weight excluding hydrogens is 240 g/mol. The number of rotatable bonds is 5. The minimum atomic E-state index is -2.99. The fraction of sp³-hybridized carbons (Fsp3) is 1.00. The van der Waals surface area contributed by atoms with E-state index in [1.165, 1.54) is 6.26 Å². The van der Waals surface area contributed by atoms with E-state index in [1.54, 1.807) is 7.11 Å². The van der Waals surface area contributed by atoms with Crippen LogP contribution in [-0.4, -0.2) is 44.3 Å². The minimum Gasteiger partial charge on any atom is -0.387 e. The first kappa shape index (κ1) is 14.9. The smallest absolute Gasteiger partial charge is 0.150 e. The van der Waals surface area contributed by atoms with Gasteiger partial charge in [0.15, 0.2) is 0 Å². The number of aliphatic hydroxyl groups is 1. The van der Waals surface area contributed by atoms with E-state index >= 15 is 0 Å². The summed E-state index contributed by atoms with van der Waals surface area (Å²) in [5.41, 5.74) is -0.877. The fourth-order valence-electron chi connectivity index (χ4n) is 2.78. The molecule has 0 aromatic rings. The van der Waals surface area contributed by atoms with Crippen molar-refractivity contribution in [3.05, 3.63) is 0 Å². The van der Waals surface area contributed by atoms with Crippen LogP contribution in [0.25, 0.3) is 0 Å². The molecule has 3 unspecified atom stereocenters. The molecule has 1 fully saturated rings. The lowest BCUT2D eigenvalue weighted by atomic mass is 9.75. The molecule has 3 atom stereocenters. The number of hydrogen-bond donors (Lipinski definition) is 1. The van der Waals surface area contributed by atoms with Crippen molar-refractivity contribution in [1.82, 2.24) is 0 Å². The number of methoxy groups -OCH3 is 1. The summed E-state index contributed by atoms with van der Waals surface area (Å²) in [5, 5.41) is 10.2. The highest BCUT2D eigenvalue weighted by Gasteiger charge is 2.40. The van der Waals surface area contributed by atoms with Crippen LogP contribution in [0.5, 0.6) is 0 Å². The van der Waals surface area contributed by atoms with Gasteiger partial charge in [-0.25, -0.2) is 8.42 Å². The third-order valence-electron chi connectivity index (χ3n) is 4.00. The topological polar surface area (TPSA) is 63.6 Å². The summed E-state index contributed by atoms with van der Waals surface area (Å²) in [5.74, 6) is 0.0286. The predicted octanol–water partition coefficient (Wildman–Crippen LogP) is 1.38. The Morgan fingerprint density at radius 2 is 2.06 bits per heavy atom. The molecule has 1 N–H and O–H groups in total. The van der Waals surface area contributed by atoms with Crippen molar-refractivity contribution >= 4 is 9.84 Å². The van der Waals surface area contributed by atoms with Crippen molar-refractivity contribution in [1.29, 1.82) is 0 Å². The molecule has 0 spiro atoms. The van der Waals surface area contributed by atoms with Gasteiger partial charge in [-0.1, -0.05) is 13.3 Å². The molecule has 5 heteroatoms. The summed E-state index contributed by atoms with van der Waals surface area (Å²) in [6, 6.07) is 0. The first-order valence-corrected chi connectivity index (χ1v) is 8.19. The molecular formula is C12H24O4S. The number of ether oxygens (including phenoxy) is 1. The molecule has 4 nitrogen and oxygen atoms in total. The first-order valence-electron chi connectivity index (χ1n) is 6.23. The maximum absolute atomic E-state index is 11.6. The second kappa shape index (κ2) is 5.67. The maximum atomic E-state index is 11.6.